The summed E-state index contributed by atoms with van der Waals surface area (Å²) >= 11 is 0. The zero-order valence-electron chi connectivity index (χ0n) is 10.1. The monoisotopic (exact) mass is 300 g/mol. The highest BCUT2D eigenvalue weighted by molar-refractivity contribution is 6.02. The minimum Gasteiger partial charge on any atom is -0.478 e. The van der Waals surface area contributed by atoms with Gasteiger partial charge in [-0.15, -0.1) is 0 Å². The number of nitrogens with one attached hydrogen (secondary N) is 1. The van der Waals surface area contributed by atoms with Gasteiger partial charge < -0.3 is 14.9 Å². The first-order valence-corrected chi connectivity index (χ1v) is 5.45. The fourth-order valence-electron chi connectivity index (χ4n) is 1.51. The zero-order chi connectivity index (χ0) is 15.6. The number of amides is 1. The minimum absolute atomic E-state index is 0.218. The molecule has 6 nitrogen and oxygen atoms in total. The molecule has 9 heteroatoms. The Kier molecular flexibility index (Phi) is 3.66. The molecule has 1 aromatic heterocycles. The molecule has 0 fully saturated rings. The summed E-state index contributed by atoms with van der Waals surface area (Å²) < 4.78 is 42.6. The number of hydrogen-bond acceptors (Lipinski definition) is 4. The van der Waals surface area contributed by atoms with Gasteiger partial charge in [0.25, 0.3) is 5.91 Å². The quantitative estimate of drug-likeness (QED) is 0.909. The van der Waals surface area contributed by atoms with Crippen molar-refractivity contribution < 1.29 is 32.4 Å². The molecule has 2 rings (SSSR count). The van der Waals surface area contributed by atoms with E-state index < -0.39 is 29.2 Å². The molecule has 1 aromatic carbocycles. The van der Waals surface area contributed by atoms with Crippen molar-refractivity contribution in [1.29, 1.82) is 0 Å². The van der Waals surface area contributed by atoms with Gasteiger partial charge in [-0.2, -0.15) is 13.2 Å². The van der Waals surface area contributed by atoms with E-state index in [0.717, 1.165) is 6.07 Å². The fourth-order valence-corrected chi connectivity index (χ4v) is 1.51. The Bertz CT molecular complexity index is 680. The van der Waals surface area contributed by atoms with Gasteiger partial charge in [0.15, 0.2) is 0 Å². The van der Waals surface area contributed by atoms with Gasteiger partial charge in [0.2, 0.25) is 5.76 Å². The van der Waals surface area contributed by atoms with E-state index in [0.29, 0.717) is 12.1 Å². The highest BCUT2D eigenvalue weighted by atomic mass is 19.4. The van der Waals surface area contributed by atoms with Crippen molar-refractivity contribution in [3.63, 3.8) is 0 Å². The van der Waals surface area contributed by atoms with Crippen molar-refractivity contribution >= 4 is 17.6 Å². The van der Waals surface area contributed by atoms with Crippen molar-refractivity contribution in [3.8, 4) is 0 Å². The predicted octanol–water partition coefficient (Wildman–Crippen LogP) is 2.64. The average Bonchev–Trinajstić information content (AvgIpc) is 2.91. The first-order valence-electron chi connectivity index (χ1n) is 5.45. The predicted molar refractivity (Wildman–Crippen MR) is 62.9 cm³/mol. The Morgan fingerprint density at radius 2 is 1.95 bits per heavy atom. The number of aromatic carboxylic acids is 1. The summed E-state index contributed by atoms with van der Waals surface area (Å²) in [6.07, 6.45) is -3.55. The Morgan fingerprint density at radius 1 is 1.24 bits per heavy atom. The largest absolute Gasteiger partial charge is 0.478 e. The smallest absolute Gasteiger partial charge is 0.416 e. The summed E-state index contributed by atoms with van der Waals surface area (Å²) in [4.78, 5) is 22.5. The Labute approximate surface area is 115 Å². The van der Waals surface area contributed by atoms with Crippen LogP contribution >= 0.6 is 0 Å². The van der Waals surface area contributed by atoms with E-state index in [1.807, 2.05) is 0 Å². The van der Waals surface area contributed by atoms with Gasteiger partial charge in [0.05, 0.1) is 17.3 Å². The van der Waals surface area contributed by atoms with E-state index in [-0.39, 0.29) is 11.4 Å². The number of carbonyl (C=O) groups excluding carboxylic acids is 1. The second-order valence-corrected chi connectivity index (χ2v) is 3.93. The summed E-state index contributed by atoms with van der Waals surface area (Å²) in [5.41, 5.74) is -2.10. The van der Waals surface area contributed by atoms with Gasteiger partial charge in [0.1, 0.15) is 0 Å². The van der Waals surface area contributed by atoms with E-state index in [1.165, 1.54) is 12.3 Å². The number of carbonyl (C=O) groups is 2. The molecule has 0 spiro atoms. The molecule has 110 valence electrons. The Morgan fingerprint density at radius 3 is 2.48 bits per heavy atom. The molecule has 0 radical (unpaired) electrons. The number of nitrogens with zero attached hydrogens (tertiary/aromatic N) is 1. The summed E-state index contributed by atoms with van der Waals surface area (Å²) in [5.74, 6) is -2.61. The van der Waals surface area contributed by atoms with Gasteiger partial charge in [-0.1, -0.05) is 5.16 Å². The molecule has 0 saturated heterocycles. The van der Waals surface area contributed by atoms with E-state index in [4.69, 9.17) is 5.11 Å². The van der Waals surface area contributed by atoms with Crippen molar-refractivity contribution in [1.82, 2.24) is 5.16 Å². The van der Waals surface area contributed by atoms with Crippen LogP contribution in [-0.4, -0.2) is 22.1 Å². The lowest BCUT2D eigenvalue weighted by Gasteiger charge is -2.11. The summed E-state index contributed by atoms with van der Waals surface area (Å²) in [7, 11) is 0. The number of halogens is 3. The molecule has 21 heavy (non-hydrogen) atoms. The van der Waals surface area contributed by atoms with Gasteiger partial charge in [-0.3, -0.25) is 4.79 Å². The molecule has 0 aliphatic carbocycles. The third-order valence-electron chi connectivity index (χ3n) is 2.43. The van der Waals surface area contributed by atoms with E-state index in [2.05, 4.69) is 15.0 Å². The highest BCUT2D eigenvalue weighted by Crippen LogP contribution is 2.32. The van der Waals surface area contributed by atoms with Crippen LogP contribution in [0.2, 0.25) is 0 Å². The number of benzene rings is 1. The topological polar surface area (TPSA) is 92.4 Å². The minimum atomic E-state index is -4.74. The van der Waals surface area contributed by atoms with Crippen LogP contribution in [0.1, 0.15) is 26.5 Å². The first kappa shape index (κ1) is 14.6. The van der Waals surface area contributed by atoms with Crippen LogP contribution in [0.5, 0.6) is 0 Å². The summed E-state index contributed by atoms with van der Waals surface area (Å²) in [5, 5.41) is 14.2. The van der Waals surface area contributed by atoms with Crippen LogP contribution in [0.15, 0.2) is 35.0 Å². The molecular weight excluding hydrogens is 293 g/mol. The normalized spacial score (nSPS) is 11.2. The van der Waals surface area contributed by atoms with Gasteiger partial charge in [-0.25, -0.2) is 4.79 Å². The number of hydrogen-bond donors (Lipinski definition) is 2. The van der Waals surface area contributed by atoms with Crippen LogP contribution < -0.4 is 5.32 Å². The molecule has 0 unspecified atom stereocenters. The lowest BCUT2D eigenvalue weighted by Crippen LogP contribution is -2.14. The zero-order valence-corrected chi connectivity index (χ0v) is 10.1. The van der Waals surface area contributed by atoms with Crippen LogP contribution in [0.4, 0.5) is 18.9 Å². The Balaban J connectivity index is 2.37. The number of rotatable bonds is 3. The second kappa shape index (κ2) is 5.27. The molecule has 1 amide bonds. The van der Waals surface area contributed by atoms with Gasteiger partial charge in [-0.05, 0) is 18.2 Å². The summed E-state index contributed by atoms with van der Waals surface area (Å²) in [6, 6.07) is 3.22. The first-order chi connectivity index (χ1) is 9.77. The second-order valence-electron chi connectivity index (χ2n) is 3.93. The third kappa shape index (κ3) is 3.38. The molecule has 0 bridgehead atoms. The lowest BCUT2D eigenvalue weighted by molar-refractivity contribution is -0.137. The van der Waals surface area contributed by atoms with Crippen molar-refractivity contribution in [2.24, 2.45) is 0 Å². The number of anilines is 1. The van der Waals surface area contributed by atoms with Crippen molar-refractivity contribution in [2.75, 3.05) is 5.32 Å². The third-order valence-corrected chi connectivity index (χ3v) is 2.43. The van der Waals surface area contributed by atoms with E-state index >= 15 is 0 Å². The molecular formula is C12H7F3N2O4. The fraction of sp³-hybridized carbons (Fsp3) is 0.0833. The molecule has 1 heterocycles. The number of carboxylic acid groups (broad SMARTS) is 1. The molecule has 2 aromatic rings. The molecule has 0 atom stereocenters. The van der Waals surface area contributed by atoms with Crippen molar-refractivity contribution in [2.45, 2.75) is 6.18 Å². The molecule has 2 N–H and O–H groups in total. The highest BCUT2D eigenvalue weighted by Gasteiger charge is 2.32. The number of aromatic nitrogens is 1. The molecule has 0 aliphatic heterocycles. The molecule has 0 saturated carbocycles. The van der Waals surface area contributed by atoms with Crippen LogP contribution in [0.25, 0.3) is 0 Å². The van der Waals surface area contributed by atoms with Gasteiger partial charge >= 0.3 is 12.1 Å². The summed E-state index contributed by atoms with van der Waals surface area (Å²) in [6.45, 7) is 0. The maximum atomic E-state index is 12.7. The van der Waals surface area contributed by atoms with Crippen LogP contribution in [0, 0.1) is 0 Å². The maximum absolute atomic E-state index is 12.7. The van der Waals surface area contributed by atoms with E-state index in [9.17, 15) is 22.8 Å². The lowest BCUT2D eigenvalue weighted by atomic mass is 10.1. The SMILES string of the molecule is O=C(O)c1cc(NC(=O)c2ccno2)cc(C(F)(F)F)c1. The van der Waals surface area contributed by atoms with Crippen molar-refractivity contribution in [3.05, 3.63) is 47.3 Å². The van der Waals surface area contributed by atoms with Crippen LogP contribution in [0.3, 0.4) is 0 Å². The number of carboxylic acids is 1. The van der Waals surface area contributed by atoms with E-state index in [1.54, 1.807) is 0 Å². The average molecular weight is 300 g/mol. The number of alkyl halides is 3. The maximum Gasteiger partial charge on any atom is 0.416 e. The van der Waals surface area contributed by atoms with Gasteiger partial charge in [0, 0.05) is 11.8 Å². The standard InChI is InChI=1S/C12H7F3N2O4/c13-12(14,15)7-3-6(11(19)20)4-8(5-7)17-10(18)9-1-2-16-21-9/h1-5H,(H,17,18)(H,19,20). The Hall–Kier alpha value is -2.84. The van der Waals surface area contributed by atoms with Crippen LogP contribution in [-0.2, 0) is 6.18 Å². The molecule has 0 aliphatic rings.